The van der Waals surface area contributed by atoms with Crippen molar-refractivity contribution >= 4 is 5.91 Å². The van der Waals surface area contributed by atoms with E-state index in [4.69, 9.17) is 0 Å². The van der Waals surface area contributed by atoms with Gasteiger partial charge in [0.25, 0.3) is 0 Å². The lowest BCUT2D eigenvalue weighted by atomic mass is 10.0. The Morgan fingerprint density at radius 3 is 0.946 bits per heavy atom. The van der Waals surface area contributed by atoms with Gasteiger partial charge in [-0.1, -0.05) is 344 Å². The SMILES string of the molecule is CC/C=C\C/C=C\C/C=C\C/C=C\CCCCCCCCCCCCCCCCCCC(=O)NC(CO)C(O)/C=C/CC/C=C/CCCCCCCCCCCCCCCCCCCCCCCCCCCCC. The standard InChI is InChI=1S/C70H129NO3/c1-3-5-7-9-11-13-15-17-19-21-23-25-27-29-31-33-34-35-36-38-39-41-43-45-47-49-51-53-55-57-59-61-63-65-69(73)68(67-72)71-70(74)66-64-62-60-58-56-54-52-50-48-46-44-42-40-37-32-30-28-26-24-22-20-18-16-14-12-10-8-6-4-2/h6,8,12,14,18,20,24,26,55,57,63,65,68-69,72-73H,3-5,7,9-11,13,15-17,19,21-23,25,27-54,56,58-62,64,66-67H2,1-2H3,(H,71,74)/b8-6-,14-12-,20-18-,26-24-,57-55+,65-63+. The highest BCUT2D eigenvalue weighted by Gasteiger charge is 2.18. The minimum Gasteiger partial charge on any atom is -0.394 e. The molecule has 0 saturated carbocycles. The van der Waals surface area contributed by atoms with Crippen LogP contribution in [0.15, 0.2) is 72.9 Å². The molecule has 0 fully saturated rings. The number of hydrogen-bond donors (Lipinski definition) is 3. The summed E-state index contributed by atoms with van der Waals surface area (Å²) in [5, 5.41) is 23.2. The molecule has 74 heavy (non-hydrogen) atoms. The lowest BCUT2D eigenvalue weighted by molar-refractivity contribution is -0.123. The van der Waals surface area contributed by atoms with Gasteiger partial charge in [0.05, 0.1) is 18.8 Å². The molecule has 0 aliphatic heterocycles. The van der Waals surface area contributed by atoms with Gasteiger partial charge in [0.1, 0.15) is 0 Å². The second kappa shape index (κ2) is 65.1. The van der Waals surface area contributed by atoms with Crippen LogP contribution < -0.4 is 5.32 Å². The normalized spacial score (nSPS) is 13.2. The molecule has 0 aliphatic rings. The van der Waals surface area contributed by atoms with Crippen LogP contribution in [0.4, 0.5) is 0 Å². The van der Waals surface area contributed by atoms with E-state index in [9.17, 15) is 15.0 Å². The molecule has 0 aromatic heterocycles. The third-order valence-electron chi connectivity index (χ3n) is 15.2. The smallest absolute Gasteiger partial charge is 0.220 e. The summed E-state index contributed by atoms with van der Waals surface area (Å²) in [6.45, 7) is 4.22. The van der Waals surface area contributed by atoms with Crippen LogP contribution in [0.25, 0.3) is 0 Å². The molecule has 1 amide bonds. The predicted molar refractivity (Wildman–Crippen MR) is 331 cm³/mol. The Balaban J connectivity index is 3.48. The number of amides is 1. The van der Waals surface area contributed by atoms with E-state index in [0.717, 1.165) is 57.8 Å². The predicted octanol–water partition coefficient (Wildman–Crippen LogP) is 22.5. The lowest BCUT2D eigenvalue weighted by Gasteiger charge is -2.19. The Kier molecular flexibility index (Phi) is 63.2. The van der Waals surface area contributed by atoms with E-state index in [1.165, 1.54) is 270 Å². The van der Waals surface area contributed by atoms with Crippen LogP contribution in [0.2, 0.25) is 0 Å². The molecule has 4 heteroatoms. The molecule has 0 rings (SSSR count). The van der Waals surface area contributed by atoms with E-state index in [2.05, 4.69) is 79.9 Å². The number of nitrogens with one attached hydrogen (secondary N) is 1. The molecule has 0 aromatic carbocycles. The molecule has 0 spiro atoms. The number of carbonyl (C=O) groups is 1. The van der Waals surface area contributed by atoms with E-state index < -0.39 is 12.1 Å². The minimum absolute atomic E-state index is 0.0710. The van der Waals surface area contributed by atoms with Crippen molar-refractivity contribution in [3.8, 4) is 0 Å². The van der Waals surface area contributed by atoms with Crippen molar-refractivity contribution in [1.29, 1.82) is 0 Å². The monoisotopic (exact) mass is 1030 g/mol. The van der Waals surface area contributed by atoms with Crippen LogP contribution in [-0.2, 0) is 4.79 Å². The van der Waals surface area contributed by atoms with E-state index >= 15 is 0 Å². The Labute approximate surface area is 463 Å². The highest BCUT2D eigenvalue weighted by Crippen LogP contribution is 2.18. The van der Waals surface area contributed by atoms with E-state index in [0.29, 0.717) is 6.42 Å². The van der Waals surface area contributed by atoms with Gasteiger partial charge in [-0.3, -0.25) is 4.79 Å². The summed E-state index contributed by atoms with van der Waals surface area (Å²) in [6.07, 6.45) is 94.1. The van der Waals surface area contributed by atoms with Crippen molar-refractivity contribution in [2.24, 2.45) is 0 Å². The fourth-order valence-corrected chi connectivity index (χ4v) is 10.2. The molecule has 0 aliphatic carbocycles. The van der Waals surface area contributed by atoms with Crippen molar-refractivity contribution in [3.63, 3.8) is 0 Å². The summed E-state index contributed by atoms with van der Waals surface area (Å²) in [5.41, 5.74) is 0. The fraction of sp³-hybridized carbons (Fsp3) is 0.814. The van der Waals surface area contributed by atoms with Crippen molar-refractivity contribution in [2.75, 3.05) is 6.61 Å². The second-order valence-corrected chi connectivity index (χ2v) is 22.5. The maximum absolute atomic E-state index is 12.5. The Bertz CT molecular complexity index is 1260. The summed E-state index contributed by atoms with van der Waals surface area (Å²) >= 11 is 0. The zero-order valence-electron chi connectivity index (χ0n) is 49.9. The van der Waals surface area contributed by atoms with Crippen molar-refractivity contribution < 1.29 is 15.0 Å². The second-order valence-electron chi connectivity index (χ2n) is 22.5. The van der Waals surface area contributed by atoms with Gasteiger partial charge in [0.15, 0.2) is 0 Å². The topological polar surface area (TPSA) is 69.6 Å². The van der Waals surface area contributed by atoms with Crippen LogP contribution in [0.5, 0.6) is 0 Å². The van der Waals surface area contributed by atoms with Crippen molar-refractivity contribution in [3.05, 3.63) is 72.9 Å². The van der Waals surface area contributed by atoms with Gasteiger partial charge in [-0.25, -0.2) is 0 Å². The molecule has 432 valence electrons. The maximum Gasteiger partial charge on any atom is 0.220 e. The van der Waals surface area contributed by atoms with Gasteiger partial charge in [0, 0.05) is 6.42 Å². The zero-order valence-corrected chi connectivity index (χ0v) is 49.9. The van der Waals surface area contributed by atoms with Crippen LogP contribution in [0.3, 0.4) is 0 Å². The molecule has 0 bridgehead atoms. The molecule has 0 radical (unpaired) electrons. The van der Waals surface area contributed by atoms with Crippen LogP contribution in [-0.4, -0.2) is 34.9 Å². The molecule has 2 unspecified atom stereocenters. The molecule has 0 aromatic rings. The Morgan fingerprint density at radius 1 is 0.338 bits per heavy atom. The van der Waals surface area contributed by atoms with Crippen LogP contribution >= 0.6 is 0 Å². The summed E-state index contributed by atoms with van der Waals surface area (Å²) in [7, 11) is 0. The molecule has 0 heterocycles. The Morgan fingerprint density at radius 2 is 0.608 bits per heavy atom. The number of aliphatic hydroxyl groups excluding tert-OH is 2. The molecule has 2 atom stereocenters. The molecular formula is C70H129NO3. The average molecular weight is 1030 g/mol. The highest BCUT2D eigenvalue weighted by molar-refractivity contribution is 5.76. The lowest BCUT2D eigenvalue weighted by Crippen LogP contribution is -2.45. The first-order chi connectivity index (χ1) is 36.7. The van der Waals surface area contributed by atoms with E-state index in [1.807, 2.05) is 6.08 Å². The highest BCUT2D eigenvalue weighted by atomic mass is 16.3. The largest absolute Gasteiger partial charge is 0.394 e. The average Bonchev–Trinajstić information content (AvgIpc) is 3.40. The van der Waals surface area contributed by atoms with Gasteiger partial charge < -0.3 is 15.5 Å². The number of unbranched alkanes of at least 4 members (excludes halogenated alkanes) is 44. The zero-order chi connectivity index (χ0) is 53.4. The fourth-order valence-electron chi connectivity index (χ4n) is 10.2. The number of allylic oxidation sites excluding steroid dienone is 11. The molecule has 4 nitrogen and oxygen atoms in total. The Hall–Kier alpha value is -2.17. The van der Waals surface area contributed by atoms with Gasteiger partial charge in [-0.2, -0.15) is 0 Å². The summed E-state index contributed by atoms with van der Waals surface area (Å²) in [6, 6.07) is -0.643. The summed E-state index contributed by atoms with van der Waals surface area (Å²) in [4.78, 5) is 12.5. The number of aliphatic hydroxyl groups is 2. The summed E-state index contributed by atoms with van der Waals surface area (Å²) < 4.78 is 0. The molecule has 3 N–H and O–H groups in total. The van der Waals surface area contributed by atoms with Gasteiger partial charge in [0.2, 0.25) is 5.91 Å². The van der Waals surface area contributed by atoms with E-state index in [1.54, 1.807) is 6.08 Å². The molecule has 0 saturated heterocycles. The molecular weight excluding hydrogens is 903 g/mol. The first kappa shape index (κ1) is 71.8. The number of carbonyl (C=O) groups excluding carboxylic acids is 1. The van der Waals surface area contributed by atoms with E-state index in [-0.39, 0.29) is 12.5 Å². The van der Waals surface area contributed by atoms with Gasteiger partial charge in [-0.05, 0) is 70.6 Å². The quantitative estimate of drug-likeness (QED) is 0.0420. The number of rotatable bonds is 61. The first-order valence-electron chi connectivity index (χ1n) is 33.2. The third-order valence-corrected chi connectivity index (χ3v) is 15.2. The van der Waals surface area contributed by atoms with Gasteiger partial charge >= 0.3 is 0 Å². The first-order valence-corrected chi connectivity index (χ1v) is 33.2. The summed E-state index contributed by atoms with van der Waals surface area (Å²) in [5.74, 6) is -0.0710. The third kappa shape index (κ3) is 60.7. The van der Waals surface area contributed by atoms with Crippen LogP contribution in [0, 0.1) is 0 Å². The maximum atomic E-state index is 12.5. The van der Waals surface area contributed by atoms with Crippen molar-refractivity contribution in [2.45, 2.75) is 360 Å². The van der Waals surface area contributed by atoms with Gasteiger partial charge in [-0.15, -0.1) is 0 Å². The number of hydrogen-bond acceptors (Lipinski definition) is 3. The van der Waals surface area contributed by atoms with Crippen LogP contribution in [0.1, 0.15) is 348 Å². The minimum atomic E-state index is -0.867. The van der Waals surface area contributed by atoms with Crippen molar-refractivity contribution in [1.82, 2.24) is 5.32 Å².